The first-order valence-corrected chi connectivity index (χ1v) is 57.2. The summed E-state index contributed by atoms with van der Waals surface area (Å²) in [5, 5.41) is 2.87. The van der Waals surface area contributed by atoms with Gasteiger partial charge < -0.3 is 5.53 Å². The van der Waals surface area contributed by atoms with Gasteiger partial charge >= 0.3 is 166 Å². The average molecular weight is 1710 g/mol. The third kappa shape index (κ3) is 76.9. The Balaban J connectivity index is 0.000000898. The molecule has 0 aliphatic carbocycles. The molecule has 0 spiro atoms. The summed E-state index contributed by atoms with van der Waals surface area (Å²) in [6, 6.07) is 18.1. The zero-order chi connectivity index (χ0) is 85.6. The van der Waals surface area contributed by atoms with E-state index in [-0.39, 0.29) is 0 Å². The van der Waals surface area contributed by atoms with Crippen molar-refractivity contribution in [1.29, 1.82) is 0 Å². The van der Waals surface area contributed by atoms with Crippen molar-refractivity contribution in [3.05, 3.63) is 100 Å². The van der Waals surface area contributed by atoms with Crippen LogP contribution >= 0.6 is 0 Å². The van der Waals surface area contributed by atoms with E-state index in [0.717, 1.165) is 47.4 Å². The van der Waals surface area contributed by atoms with Crippen molar-refractivity contribution in [2.45, 2.75) is 636 Å². The molecule has 0 saturated carbocycles. The summed E-state index contributed by atoms with van der Waals surface area (Å²) < 4.78 is 1.50. The zero-order valence-corrected chi connectivity index (χ0v) is 83.5. The molecule has 120 heavy (non-hydrogen) atoms. The van der Waals surface area contributed by atoms with E-state index in [2.05, 4.69) is 116 Å². The quantitative estimate of drug-likeness (QED) is 0.0358. The van der Waals surface area contributed by atoms with Crippen LogP contribution in [0.1, 0.15) is 635 Å². The number of benzene rings is 2. The number of allylic oxidation sites excluding steroid dienone is 4. The van der Waals surface area contributed by atoms with E-state index >= 15 is 0 Å². The molecule has 0 unspecified atom stereocenters. The summed E-state index contributed by atoms with van der Waals surface area (Å²) in [6.45, 7) is 11.5. The molecular formula is C117H214N2Ni. The van der Waals surface area contributed by atoms with Crippen molar-refractivity contribution in [2.75, 3.05) is 0 Å². The Hall–Kier alpha value is -2.25. The van der Waals surface area contributed by atoms with Crippen LogP contribution in [0.5, 0.6) is 0 Å². The Morgan fingerprint density at radius 3 is 0.675 bits per heavy atom. The van der Waals surface area contributed by atoms with Gasteiger partial charge in [-0.15, -0.1) is 0 Å². The van der Waals surface area contributed by atoms with Gasteiger partial charge in [-0.25, -0.2) is 4.70 Å². The molecular weight excluding hydrogens is 1490 g/mol. The number of aryl methyl sites for hydroxylation is 2. The fourth-order valence-corrected chi connectivity index (χ4v) is 20.0. The van der Waals surface area contributed by atoms with Crippen molar-refractivity contribution < 1.29 is 19.1 Å². The van der Waals surface area contributed by atoms with Crippen molar-refractivity contribution in [3.63, 3.8) is 0 Å². The predicted molar refractivity (Wildman–Crippen MR) is 541 cm³/mol. The zero-order valence-electron chi connectivity index (χ0n) is 82.5. The van der Waals surface area contributed by atoms with Crippen molar-refractivity contribution in [1.82, 2.24) is 0 Å². The van der Waals surface area contributed by atoms with Crippen LogP contribution in [0.15, 0.2) is 72.3 Å². The van der Waals surface area contributed by atoms with Gasteiger partial charge in [-0.05, 0) is 73.9 Å². The molecule has 2 aromatic carbocycles. The van der Waals surface area contributed by atoms with Gasteiger partial charge in [0.25, 0.3) is 0 Å². The molecule has 3 rings (SSSR count). The van der Waals surface area contributed by atoms with Crippen LogP contribution in [0.25, 0.3) is 16.9 Å². The van der Waals surface area contributed by atoms with Crippen molar-refractivity contribution >= 4 is 11.4 Å². The minimum Gasteiger partial charge on any atom is -0.0654 e. The van der Waals surface area contributed by atoms with E-state index < -0.39 is 0 Å². The van der Waals surface area contributed by atoms with Crippen LogP contribution < -0.4 is 0 Å². The molecule has 702 valence electrons. The van der Waals surface area contributed by atoms with Gasteiger partial charge in [0.1, 0.15) is 0 Å². The van der Waals surface area contributed by atoms with Crippen LogP contribution in [0.4, 0.5) is 0 Å². The SMILES string of the molecule is CCCCCCCCCCCC=CC1=C(c2cccc(CCCCCCCCCCCCCCCCCCCCC)c2)[N+](=[N-])C(c2cccc(CCCCCCCCCCCCCCCCCCCCC)c2)=C1.CCCCCCCCCCCCCCCCCCCCCC[CH2][Ni][CH2]CCCCCCCCCCCCCCCCCCCCCC. The van der Waals surface area contributed by atoms with Gasteiger partial charge in [0.15, 0.2) is 0 Å². The fourth-order valence-electron chi connectivity index (χ4n) is 18.8. The molecule has 2 nitrogen and oxygen atoms in total. The Bertz CT molecular complexity index is 2420. The first-order chi connectivity index (χ1) is 59.6. The molecule has 3 heteroatoms. The van der Waals surface area contributed by atoms with Crippen LogP contribution in [-0.4, -0.2) is 4.70 Å². The summed E-state index contributed by atoms with van der Waals surface area (Å²) in [7, 11) is 0. The van der Waals surface area contributed by atoms with E-state index in [1.807, 2.05) is 0 Å². The molecule has 0 saturated heterocycles. The van der Waals surface area contributed by atoms with Crippen molar-refractivity contribution in [2.24, 2.45) is 0 Å². The molecule has 1 aliphatic heterocycles. The van der Waals surface area contributed by atoms with Crippen molar-refractivity contribution in [3.8, 4) is 0 Å². The number of nitrogens with zero attached hydrogens (tertiary/aromatic N) is 2. The smallest absolute Gasteiger partial charge is 0.0654 e. The second-order valence-corrected chi connectivity index (χ2v) is 40.4. The molecule has 0 bridgehead atoms. The van der Waals surface area contributed by atoms with Gasteiger partial charge in [0.2, 0.25) is 11.4 Å². The minimum atomic E-state index is 0.900. The third-order valence-corrected chi connectivity index (χ3v) is 28.4. The second-order valence-electron chi connectivity index (χ2n) is 38.9. The summed E-state index contributed by atoms with van der Waals surface area (Å²) in [6.07, 6.45) is 138. The van der Waals surface area contributed by atoms with Gasteiger partial charge in [-0.2, -0.15) is 0 Å². The molecule has 0 amide bonds. The maximum atomic E-state index is 12.0. The summed E-state index contributed by atoms with van der Waals surface area (Å²) in [5.74, 6) is 0. The molecule has 2 aromatic rings. The summed E-state index contributed by atoms with van der Waals surface area (Å²) >= 11 is 2.05. The van der Waals surface area contributed by atoms with Crippen LogP contribution in [0, 0.1) is 0 Å². The van der Waals surface area contributed by atoms with E-state index in [1.54, 1.807) is 0 Å². The number of rotatable bonds is 97. The summed E-state index contributed by atoms with van der Waals surface area (Å²) in [5.41, 5.74) is 20.0. The average Bonchev–Trinajstić information content (AvgIpc) is 1.63. The fraction of sp³-hybridized carbons (Fsp3) is 0.846. The Morgan fingerprint density at radius 2 is 0.433 bits per heavy atom. The molecule has 0 aromatic heterocycles. The monoisotopic (exact) mass is 1710 g/mol. The first kappa shape index (κ1) is 114. The molecule has 0 N–H and O–H groups in total. The predicted octanol–water partition coefficient (Wildman–Crippen LogP) is 43.2. The van der Waals surface area contributed by atoms with Crippen LogP contribution in [0.3, 0.4) is 0 Å². The van der Waals surface area contributed by atoms with Gasteiger partial charge in [-0.3, -0.25) is 0 Å². The topological polar surface area (TPSA) is 25.3 Å². The molecule has 0 atom stereocenters. The number of hydrogen-bond donors (Lipinski definition) is 0. The third-order valence-electron chi connectivity index (χ3n) is 27.0. The van der Waals surface area contributed by atoms with Crippen LogP contribution in [0.2, 0.25) is 10.8 Å². The van der Waals surface area contributed by atoms with Gasteiger partial charge in [-0.1, -0.05) is 482 Å². The Kier molecular flexibility index (Phi) is 90.9. The molecule has 0 radical (unpaired) electrons. The van der Waals surface area contributed by atoms with E-state index in [9.17, 15) is 5.53 Å². The minimum absolute atomic E-state index is 0.900. The van der Waals surface area contributed by atoms with E-state index in [4.69, 9.17) is 0 Å². The molecule has 1 aliphatic rings. The second kappa shape index (κ2) is 95.9. The van der Waals surface area contributed by atoms with Crippen LogP contribution in [-0.2, 0) is 27.3 Å². The van der Waals surface area contributed by atoms with E-state index in [0.29, 0.717) is 0 Å². The number of unbranched alkanes of at least 4 members (excludes halogenated alkanes) is 85. The van der Waals surface area contributed by atoms with Gasteiger partial charge in [0.05, 0.1) is 5.57 Å². The maximum absolute atomic E-state index is 12.0. The van der Waals surface area contributed by atoms with Gasteiger partial charge in [0, 0.05) is 17.2 Å². The summed E-state index contributed by atoms with van der Waals surface area (Å²) in [4.78, 5) is 0. The first-order valence-electron chi connectivity index (χ1n) is 55.8. The number of hydrogen-bond acceptors (Lipinski definition) is 0. The normalized spacial score (nSPS) is 12.4. The molecule has 1 heterocycles. The Labute approximate surface area is 761 Å². The Morgan fingerprint density at radius 1 is 0.233 bits per heavy atom. The standard InChI is InChI=1S/C71H120N2.2C23H47.Ni/c1-4-7-10-13-16-19-22-24-26-28-30-32-34-36-39-41-44-47-50-55-65-57-53-60-67(62-65)70-64-69(59-52-49-46-43-38-21-18-15-12-9-6-3)71(73(70)72)68-61-54-58-66(63-68)56-51-48-45-42-40-37-35-33-31-29-27-25-23-20-17-14-11-8-5-2;2*1-3-5-7-9-11-13-15-17-19-21-23-22-20-18-16-14-12-10-8-6-4-2;/h52-54,57-64H,4-51,55-56H2,1-3H3;2*1,3-23H2,2H3;. The molecule has 0 fully saturated rings. The van der Waals surface area contributed by atoms with E-state index in [1.165, 1.54) is 598 Å².